The average Bonchev–Trinajstić information content (AvgIpc) is 3.34. The van der Waals surface area contributed by atoms with E-state index in [9.17, 15) is 13.2 Å². The lowest BCUT2D eigenvalue weighted by Crippen LogP contribution is -2.35. The predicted octanol–water partition coefficient (Wildman–Crippen LogP) is 3.44. The first-order valence-corrected chi connectivity index (χ1v) is 12.2. The van der Waals surface area contributed by atoms with Crippen LogP contribution >= 0.6 is 0 Å². The molecule has 2 aromatic carbocycles. The van der Waals surface area contributed by atoms with Crippen molar-refractivity contribution in [2.45, 2.75) is 37.0 Å². The molecule has 0 radical (unpaired) electrons. The molecule has 32 heavy (non-hydrogen) atoms. The van der Waals surface area contributed by atoms with Crippen LogP contribution in [0.2, 0.25) is 0 Å². The van der Waals surface area contributed by atoms with Crippen LogP contribution < -0.4 is 5.32 Å². The van der Waals surface area contributed by atoms with Crippen molar-refractivity contribution >= 4 is 15.9 Å². The molecular formula is C23H26N4O4S. The van der Waals surface area contributed by atoms with E-state index in [0.29, 0.717) is 25.2 Å². The lowest BCUT2D eigenvalue weighted by Gasteiger charge is -2.25. The number of hydrogen-bond donors (Lipinski definition) is 1. The largest absolute Gasteiger partial charge is 0.347 e. The topological polar surface area (TPSA) is 105 Å². The molecule has 2 heterocycles. The quantitative estimate of drug-likeness (QED) is 0.586. The fourth-order valence-corrected chi connectivity index (χ4v) is 5.20. The van der Waals surface area contributed by atoms with Crippen molar-refractivity contribution in [1.29, 1.82) is 0 Å². The molecule has 0 unspecified atom stereocenters. The van der Waals surface area contributed by atoms with Crippen LogP contribution in [0.25, 0.3) is 11.4 Å². The second-order valence-corrected chi connectivity index (χ2v) is 9.87. The molecule has 0 saturated carbocycles. The van der Waals surface area contributed by atoms with Crippen LogP contribution in [0.5, 0.6) is 0 Å². The van der Waals surface area contributed by atoms with Crippen LogP contribution in [0, 0.1) is 0 Å². The summed E-state index contributed by atoms with van der Waals surface area (Å²) in [5.74, 6) is -0.216. The molecule has 1 aromatic heterocycles. The lowest BCUT2D eigenvalue weighted by molar-refractivity contribution is 0.0908. The van der Waals surface area contributed by atoms with Gasteiger partial charge in [0, 0.05) is 25.2 Å². The second-order valence-electron chi connectivity index (χ2n) is 7.93. The summed E-state index contributed by atoms with van der Waals surface area (Å²) < 4.78 is 32.2. The van der Waals surface area contributed by atoms with Crippen molar-refractivity contribution in [2.75, 3.05) is 19.6 Å². The highest BCUT2D eigenvalue weighted by Crippen LogP contribution is 2.23. The van der Waals surface area contributed by atoms with Gasteiger partial charge in [0.2, 0.25) is 15.8 Å². The third-order valence-electron chi connectivity index (χ3n) is 5.62. The number of carbonyl (C=O) groups excluding carboxylic acids is 1. The maximum absolute atomic E-state index is 12.8. The monoisotopic (exact) mass is 454 g/mol. The van der Waals surface area contributed by atoms with Crippen molar-refractivity contribution in [2.24, 2.45) is 0 Å². The molecule has 1 aliphatic heterocycles. The number of amides is 1. The number of benzene rings is 2. The first kappa shape index (κ1) is 22.2. The molecule has 1 saturated heterocycles. The smallest absolute Gasteiger partial charge is 0.316 e. The summed E-state index contributed by atoms with van der Waals surface area (Å²) in [6.45, 7) is 3.56. The Hall–Kier alpha value is -3.04. The molecule has 8 nitrogen and oxygen atoms in total. The summed E-state index contributed by atoms with van der Waals surface area (Å²) in [6, 6.07) is 16.2. The molecule has 1 aliphatic rings. The maximum atomic E-state index is 12.8. The van der Waals surface area contributed by atoms with Gasteiger partial charge >= 0.3 is 11.8 Å². The van der Waals surface area contributed by atoms with Gasteiger partial charge < -0.3 is 9.84 Å². The summed E-state index contributed by atoms with van der Waals surface area (Å²) in [6.07, 6.45) is 2.83. The molecule has 0 spiro atoms. The van der Waals surface area contributed by atoms with E-state index in [0.717, 1.165) is 24.8 Å². The molecule has 1 atom stereocenters. The van der Waals surface area contributed by atoms with E-state index in [1.165, 1.54) is 16.4 Å². The molecule has 3 aromatic rings. The molecule has 168 valence electrons. The van der Waals surface area contributed by atoms with E-state index in [1.807, 2.05) is 37.3 Å². The Kier molecular flexibility index (Phi) is 6.66. The van der Waals surface area contributed by atoms with Crippen molar-refractivity contribution in [3.05, 3.63) is 66.1 Å². The van der Waals surface area contributed by atoms with Crippen molar-refractivity contribution in [1.82, 2.24) is 19.8 Å². The number of rotatable bonds is 7. The highest BCUT2D eigenvalue weighted by Gasteiger charge is 2.26. The summed E-state index contributed by atoms with van der Waals surface area (Å²) in [5, 5.41) is 6.68. The Morgan fingerprint density at radius 3 is 2.44 bits per heavy atom. The average molecular weight is 455 g/mol. The van der Waals surface area contributed by atoms with Crippen LogP contribution in [0.1, 0.15) is 48.4 Å². The second kappa shape index (κ2) is 9.62. The third kappa shape index (κ3) is 4.89. The lowest BCUT2D eigenvalue weighted by atomic mass is 10.0. The number of carbonyl (C=O) groups is 1. The highest BCUT2D eigenvalue weighted by atomic mass is 32.2. The molecule has 1 amide bonds. The van der Waals surface area contributed by atoms with Gasteiger partial charge in [-0.25, -0.2) is 8.42 Å². The normalized spacial score (nSPS) is 15.9. The van der Waals surface area contributed by atoms with Gasteiger partial charge in [0.05, 0.1) is 4.90 Å². The van der Waals surface area contributed by atoms with Crippen LogP contribution in [-0.2, 0) is 10.0 Å². The Morgan fingerprint density at radius 1 is 1.06 bits per heavy atom. The summed E-state index contributed by atoms with van der Waals surface area (Å²) in [4.78, 5) is 16.8. The summed E-state index contributed by atoms with van der Waals surface area (Å²) in [7, 11) is -3.50. The van der Waals surface area contributed by atoms with Crippen LogP contribution in [0.4, 0.5) is 0 Å². The standard InChI is InChI=1S/C23H26N4O4S/c1-17(18-8-4-2-5-9-18)16-24-22(28)23-25-21(26-31-23)19-10-12-20(13-11-19)32(29,30)27-14-6-3-7-15-27/h2,4-5,8-13,17H,3,6-7,14-16H2,1H3,(H,24,28)/t17-/m1/s1. The van der Waals surface area contributed by atoms with E-state index in [-0.39, 0.29) is 22.5 Å². The molecule has 9 heteroatoms. The molecular weight excluding hydrogens is 428 g/mol. The first-order valence-electron chi connectivity index (χ1n) is 10.7. The zero-order valence-corrected chi connectivity index (χ0v) is 18.7. The number of nitrogens with one attached hydrogen (secondary N) is 1. The first-order chi connectivity index (χ1) is 15.4. The van der Waals surface area contributed by atoms with Crippen LogP contribution in [-0.4, -0.2) is 48.4 Å². The van der Waals surface area contributed by atoms with Gasteiger partial charge in [-0.3, -0.25) is 4.79 Å². The highest BCUT2D eigenvalue weighted by molar-refractivity contribution is 7.89. The number of aromatic nitrogens is 2. The fraction of sp³-hybridized carbons (Fsp3) is 0.348. The third-order valence-corrected chi connectivity index (χ3v) is 7.54. The van der Waals surface area contributed by atoms with E-state index in [4.69, 9.17) is 4.52 Å². The van der Waals surface area contributed by atoms with Gasteiger partial charge in [0.15, 0.2) is 0 Å². The number of hydrogen-bond acceptors (Lipinski definition) is 6. The van der Waals surface area contributed by atoms with Gasteiger partial charge in [0.25, 0.3) is 0 Å². The Bertz CT molecular complexity index is 1150. The van der Waals surface area contributed by atoms with E-state index in [2.05, 4.69) is 15.5 Å². The predicted molar refractivity (Wildman–Crippen MR) is 120 cm³/mol. The van der Waals surface area contributed by atoms with Gasteiger partial charge in [-0.15, -0.1) is 0 Å². The molecule has 1 fully saturated rings. The Labute approximate surface area is 187 Å². The molecule has 4 rings (SSSR count). The molecule has 0 aliphatic carbocycles. The maximum Gasteiger partial charge on any atom is 0.316 e. The number of piperidine rings is 1. The van der Waals surface area contributed by atoms with Crippen molar-refractivity contribution in [3.8, 4) is 11.4 Å². The van der Waals surface area contributed by atoms with E-state index < -0.39 is 15.9 Å². The van der Waals surface area contributed by atoms with Crippen LogP contribution in [0.15, 0.2) is 64.0 Å². The van der Waals surface area contributed by atoms with E-state index >= 15 is 0 Å². The zero-order chi connectivity index (χ0) is 22.6. The molecule has 1 N–H and O–H groups in total. The Morgan fingerprint density at radius 2 is 1.75 bits per heavy atom. The summed E-state index contributed by atoms with van der Waals surface area (Å²) >= 11 is 0. The van der Waals surface area contributed by atoms with Gasteiger partial charge in [-0.1, -0.05) is 48.8 Å². The van der Waals surface area contributed by atoms with Crippen molar-refractivity contribution < 1.29 is 17.7 Å². The van der Waals surface area contributed by atoms with Crippen molar-refractivity contribution in [3.63, 3.8) is 0 Å². The minimum Gasteiger partial charge on any atom is -0.347 e. The fourth-order valence-electron chi connectivity index (χ4n) is 3.68. The van der Waals surface area contributed by atoms with Gasteiger partial charge in [-0.2, -0.15) is 9.29 Å². The Balaban J connectivity index is 1.40. The van der Waals surface area contributed by atoms with Gasteiger partial charge in [-0.05, 0) is 48.6 Å². The van der Waals surface area contributed by atoms with E-state index in [1.54, 1.807) is 12.1 Å². The zero-order valence-electron chi connectivity index (χ0n) is 17.9. The SMILES string of the molecule is C[C@H](CNC(=O)c1nc(-c2ccc(S(=O)(=O)N3CCCCC3)cc2)no1)c1ccccc1. The summed E-state index contributed by atoms with van der Waals surface area (Å²) in [5.41, 5.74) is 1.70. The molecule has 0 bridgehead atoms. The van der Waals surface area contributed by atoms with Crippen LogP contribution in [0.3, 0.4) is 0 Å². The minimum absolute atomic E-state index is 0.134. The number of sulfonamides is 1. The van der Waals surface area contributed by atoms with Gasteiger partial charge in [0.1, 0.15) is 0 Å². The number of nitrogens with zero attached hydrogens (tertiary/aromatic N) is 3. The minimum atomic E-state index is -3.50.